The van der Waals surface area contributed by atoms with Crippen molar-refractivity contribution in [3.63, 3.8) is 0 Å². The number of ether oxygens (including phenoxy) is 1. The van der Waals surface area contributed by atoms with E-state index in [1.165, 1.54) is 12.1 Å². The van der Waals surface area contributed by atoms with Crippen molar-refractivity contribution in [1.82, 2.24) is 14.8 Å². The van der Waals surface area contributed by atoms with Crippen molar-refractivity contribution < 1.29 is 18.7 Å². The Balaban J connectivity index is 1.53. The molecule has 2 amide bonds. The summed E-state index contributed by atoms with van der Waals surface area (Å²) in [5, 5.41) is 1.12. The van der Waals surface area contributed by atoms with Crippen LogP contribution in [0, 0.1) is 5.82 Å². The van der Waals surface area contributed by atoms with Gasteiger partial charge in [-0.1, -0.05) is 43.3 Å². The molecule has 1 aromatic heterocycles. The maximum Gasteiger partial charge on any atom is 0.254 e. The van der Waals surface area contributed by atoms with Gasteiger partial charge < -0.3 is 19.5 Å². The molecule has 37 heavy (non-hydrogen) atoms. The number of methoxy groups -OCH3 is 1. The van der Waals surface area contributed by atoms with Crippen LogP contribution in [-0.2, 0) is 17.8 Å². The van der Waals surface area contributed by atoms with E-state index in [1.54, 1.807) is 53.3 Å². The summed E-state index contributed by atoms with van der Waals surface area (Å²) < 4.78 is 18.8. The highest BCUT2D eigenvalue weighted by Crippen LogP contribution is 2.20. The quantitative estimate of drug-likeness (QED) is 0.298. The molecule has 0 aliphatic carbocycles. The van der Waals surface area contributed by atoms with Gasteiger partial charge in [-0.3, -0.25) is 9.59 Å². The van der Waals surface area contributed by atoms with Crippen LogP contribution in [0.15, 0.2) is 79.0 Å². The molecule has 1 heterocycles. The summed E-state index contributed by atoms with van der Waals surface area (Å²) in [6.07, 6.45) is 3.34. The molecule has 7 heteroatoms. The fourth-order valence-electron chi connectivity index (χ4n) is 4.42. The number of nitrogens with zero attached hydrogens (tertiary/aromatic N) is 2. The predicted octanol–water partition coefficient (Wildman–Crippen LogP) is 5.44. The van der Waals surface area contributed by atoms with E-state index in [1.807, 2.05) is 31.3 Å². The number of halogens is 1. The van der Waals surface area contributed by atoms with E-state index in [2.05, 4.69) is 11.1 Å². The summed E-state index contributed by atoms with van der Waals surface area (Å²) in [5.74, 6) is -0.106. The van der Waals surface area contributed by atoms with Gasteiger partial charge in [-0.25, -0.2) is 4.39 Å². The van der Waals surface area contributed by atoms with Gasteiger partial charge in [0.15, 0.2) is 0 Å². The normalized spacial score (nSPS) is 10.9. The third kappa shape index (κ3) is 6.55. The topological polar surface area (TPSA) is 65.6 Å². The second-order valence-electron chi connectivity index (χ2n) is 9.01. The van der Waals surface area contributed by atoms with Crippen molar-refractivity contribution in [2.75, 3.05) is 26.7 Å². The van der Waals surface area contributed by atoms with Gasteiger partial charge in [0.1, 0.15) is 18.1 Å². The highest BCUT2D eigenvalue weighted by molar-refractivity contribution is 5.97. The highest BCUT2D eigenvalue weighted by Gasteiger charge is 2.23. The van der Waals surface area contributed by atoms with Gasteiger partial charge in [0.25, 0.3) is 5.91 Å². The largest absolute Gasteiger partial charge is 0.497 e. The molecule has 0 saturated heterocycles. The first kappa shape index (κ1) is 25.9. The molecule has 0 aliphatic rings. The maximum absolute atomic E-state index is 13.6. The number of hydrogen-bond donors (Lipinski definition) is 1. The van der Waals surface area contributed by atoms with Gasteiger partial charge in [0.05, 0.1) is 7.11 Å². The molecule has 6 nitrogen and oxygen atoms in total. The van der Waals surface area contributed by atoms with Crippen LogP contribution in [0.25, 0.3) is 10.9 Å². The van der Waals surface area contributed by atoms with Crippen LogP contribution in [0.2, 0.25) is 0 Å². The van der Waals surface area contributed by atoms with Gasteiger partial charge >= 0.3 is 0 Å². The molecule has 0 fully saturated rings. The second-order valence-corrected chi connectivity index (χ2v) is 9.01. The summed E-state index contributed by atoms with van der Waals surface area (Å²) in [6.45, 7) is 3.18. The number of aromatic amines is 1. The summed E-state index contributed by atoms with van der Waals surface area (Å²) in [4.78, 5) is 33.5. The van der Waals surface area contributed by atoms with Gasteiger partial charge in [-0.05, 0) is 60.4 Å². The zero-order valence-corrected chi connectivity index (χ0v) is 21.2. The Bertz CT molecular complexity index is 1350. The summed E-state index contributed by atoms with van der Waals surface area (Å²) in [7, 11) is 1.55. The minimum atomic E-state index is -0.321. The van der Waals surface area contributed by atoms with E-state index in [0.29, 0.717) is 37.4 Å². The van der Waals surface area contributed by atoms with Gasteiger partial charge in [-0.15, -0.1) is 0 Å². The van der Waals surface area contributed by atoms with E-state index >= 15 is 0 Å². The van der Waals surface area contributed by atoms with Gasteiger partial charge in [0.2, 0.25) is 5.91 Å². The first-order chi connectivity index (χ1) is 18.0. The number of carbonyl (C=O) groups is 2. The average molecular weight is 502 g/mol. The minimum Gasteiger partial charge on any atom is -0.497 e. The van der Waals surface area contributed by atoms with Gasteiger partial charge in [-0.2, -0.15) is 0 Å². The lowest BCUT2D eigenvalue weighted by molar-refractivity contribution is -0.132. The van der Waals surface area contributed by atoms with Crippen LogP contribution >= 0.6 is 0 Å². The third-order valence-electron chi connectivity index (χ3n) is 6.39. The molecular weight excluding hydrogens is 469 g/mol. The van der Waals surface area contributed by atoms with Crippen LogP contribution in [0.5, 0.6) is 5.75 Å². The molecule has 1 N–H and O–H groups in total. The second kappa shape index (κ2) is 12.2. The summed E-state index contributed by atoms with van der Waals surface area (Å²) >= 11 is 0. The number of benzene rings is 3. The van der Waals surface area contributed by atoms with Crippen LogP contribution in [0.1, 0.15) is 34.8 Å². The Morgan fingerprint density at radius 2 is 1.73 bits per heavy atom. The van der Waals surface area contributed by atoms with E-state index in [-0.39, 0.29) is 24.2 Å². The van der Waals surface area contributed by atoms with E-state index < -0.39 is 0 Å². The number of aromatic nitrogens is 1. The van der Waals surface area contributed by atoms with Gasteiger partial charge in [0, 0.05) is 42.3 Å². The first-order valence-corrected chi connectivity index (χ1v) is 12.5. The Morgan fingerprint density at radius 1 is 0.946 bits per heavy atom. The molecule has 0 atom stereocenters. The average Bonchev–Trinajstić information content (AvgIpc) is 3.34. The number of carbonyl (C=O) groups excluding carboxylic acids is 2. The first-order valence-electron chi connectivity index (χ1n) is 12.5. The highest BCUT2D eigenvalue weighted by atomic mass is 19.1. The van der Waals surface area contributed by atoms with Crippen molar-refractivity contribution in [2.24, 2.45) is 0 Å². The lowest BCUT2D eigenvalue weighted by Crippen LogP contribution is -2.43. The predicted molar refractivity (Wildman–Crippen MR) is 143 cm³/mol. The number of H-pyrrole nitrogens is 1. The van der Waals surface area contributed by atoms with Crippen LogP contribution in [-0.4, -0.2) is 53.3 Å². The van der Waals surface area contributed by atoms with Crippen molar-refractivity contribution in [3.05, 3.63) is 102 Å². The monoisotopic (exact) mass is 501 g/mol. The fraction of sp³-hybridized carbons (Fsp3) is 0.267. The van der Waals surface area contributed by atoms with Crippen LogP contribution in [0.3, 0.4) is 0 Å². The zero-order chi connectivity index (χ0) is 26.2. The zero-order valence-electron chi connectivity index (χ0n) is 21.2. The molecule has 4 aromatic rings. The fourth-order valence-corrected chi connectivity index (χ4v) is 4.42. The molecule has 0 aliphatic heterocycles. The summed E-state index contributed by atoms with van der Waals surface area (Å²) in [6, 6.07) is 21.2. The smallest absolute Gasteiger partial charge is 0.254 e. The van der Waals surface area contributed by atoms with E-state index in [4.69, 9.17) is 4.74 Å². The van der Waals surface area contributed by atoms with E-state index in [0.717, 1.165) is 28.5 Å². The molecular formula is C30H32FN3O3. The number of nitrogens with one attached hydrogen (secondary N) is 1. The van der Waals surface area contributed by atoms with Crippen LogP contribution in [0.4, 0.5) is 4.39 Å². The number of fused-ring (bicyclic) bond motifs is 1. The standard InChI is InChI=1S/C30H32FN3O3/c1-3-16-34(30(36)23-7-6-8-26(18-23)37-2)21-29(35)33(20-22-11-13-25(31)14-12-22)17-15-24-19-32-28-10-5-4-9-27(24)28/h4-14,18-19,32H,3,15-17,20-21H2,1-2H3. The van der Waals surface area contributed by atoms with Crippen molar-refractivity contribution in [1.29, 1.82) is 0 Å². The SMILES string of the molecule is CCCN(CC(=O)N(CCc1c[nH]c2ccccc12)Cc1ccc(F)cc1)C(=O)c1cccc(OC)c1. The van der Waals surface area contributed by atoms with Crippen molar-refractivity contribution in [3.8, 4) is 5.75 Å². The lowest BCUT2D eigenvalue weighted by Gasteiger charge is -2.28. The molecule has 0 unspecified atom stereocenters. The van der Waals surface area contributed by atoms with Crippen LogP contribution < -0.4 is 4.74 Å². The Labute approximate surface area is 216 Å². The maximum atomic E-state index is 13.6. The van der Waals surface area contributed by atoms with E-state index in [9.17, 15) is 14.0 Å². The summed E-state index contributed by atoms with van der Waals surface area (Å²) in [5.41, 5.74) is 3.47. The number of hydrogen-bond acceptors (Lipinski definition) is 3. The number of rotatable bonds is 11. The Morgan fingerprint density at radius 3 is 2.49 bits per heavy atom. The number of para-hydroxylation sites is 1. The molecule has 0 bridgehead atoms. The Kier molecular flexibility index (Phi) is 8.56. The molecule has 4 rings (SSSR count). The number of amides is 2. The Hall–Kier alpha value is -4.13. The third-order valence-corrected chi connectivity index (χ3v) is 6.39. The molecule has 3 aromatic carbocycles. The minimum absolute atomic E-state index is 0.0427. The lowest BCUT2D eigenvalue weighted by atomic mass is 10.1. The molecule has 192 valence electrons. The van der Waals surface area contributed by atoms with Crippen molar-refractivity contribution in [2.45, 2.75) is 26.3 Å². The molecule has 0 spiro atoms. The molecule has 0 radical (unpaired) electrons. The molecule has 0 saturated carbocycles. The van der Waals surface area contributed by atoms with Crippen molar-refractivity contribution >= 4 is 22.7 Å².